The van der Waals surface area contributed by atoms with E-state index in [0.29, 0.717) is 42.7 Å². The minimum absolute atomic E-state index is 0.0240. The summed E-state index contributed by atoms with van der Waals surface area (Å²) in [5.41, 5.74) is 7.14. The van der Waals surface area contributed by atoms with Gasteiger partial charge in [-0.3, -0.25) is 29.2 Å². The minimum atomic E-state index is -0.884. The van der Waals surface area contributed by atoms with Crippen LogP contribution in [-0.2, 0) is 20.9 Å². The molecule has 11 nitrogen and oxygen atoms in total. The summed E-state index contributed by atoms with van der Waals surface area (Å²) in [7, 11) is 0. The first-order valence-corrected chi connectivity index (χ1v) is 16.8. The average Bonchev–Trinajstić information content (AvgIpc) is 4.00. The Morgan fingerprint density at radius 3 is 2.37 bits per heavy atom. The largest absolute Gasteiger partial charge is 0.344 e. The van der Waals surface area contributed by atoms with Crippen molar-refractivity contribution in [3.05, 3.63) is 47.5 Å². The van der Waals surface area contributed by atoms with Gasteiger partial charge in [0.05, 0.1) is 18.3 Å². The molecule has 2 saturated carbocycles. The number of amides is 3. The molecular formula is C34H48FN7O4. The molecular weight excluding hydrogens is 589 g/mol. The highest BCUT2D eigenvalue weighted by molar-refractivity contribution is 5.98. The maximum absolute atomic E-state index is 15.7. The topological polar surface area (TPSA) is 151 Å². The van der Waals surface area contributed by atoms with E-state index in [4.69, 9.17) is 5.73 Å². The fourth-order valence-corrected chi connectivity index (χ4v) is 6.81. The number of aryl methyl sites for hydroxylation is 1. The normalized spacial score (nSPS) is 20.2. The number of rotatable bonds is 15. The molecule has 5 N–H and O–H groups in total. The lowest BCUT2D eigenvalue weighted by Crippen LogP contribution is -2.55. The lowest BCUT2D eigenvalue weighted by atomic mass is 9.88. The van der Waals surface area contributed by atoms with E-state index >= 15 is 4.39 Å². The number of anilines is 1. The fraction of sp³-hybridized carbons (Fsp3) is 0.618. The maximum atomic E-state index is 15.7. The Morgan fingerprint density at radius 2 is 1.76 bits per heavy atom. The number of aromatic nitrogens is 2. The quantitative estimate of drug-likeness (QED) is 0.219. The van der Waals surface area contributed by atoms with Crippen molar-refractivity contribution in [2.45, 2.75) is 96.3 Å². The van der Waals surface area contributed by atoms with Gasteiger partial charge in [0.25, 0.3) is 0 Å². The molecule has 1 aromatic heterocycles. The molecule has 0 unspecified atom stereocenters. The van der Waals surface area contributed by atoms with Crippen LogP contribution in [0, 0.1) is 23.6 Å². The standard InChI is InChI=1S/C34H48FN7O4/c1-4-29(44)40-31(34(46)41-16-6-7-24(36)19-41)20(3)23-12-13-26(25(35)17-23)39-33(45)32(30(21-8-9-21)22-10-11-22)37-18-28(43)27-14-15-38-42(27)5-2/h12-15,17,20-22,24,30-32,37H,4-11,16,18-19,36H2,1-3H3,(H,39,45)(H,40,44)/t20-,24+,31+,32-/m0/s1. The number of halogens is 1. The molecule has 5 rings (SSSR count). The van der Waals surface area contributed by atoms with Gasteiger partial charge in [0.2, 0.25) is 17.7 Å². The van der Waals surface area contributed by atoms with E-state index in [-0.39, 0.29) is 54.1 Å². The highest BCUT2D eigenvalue weighted by Crippen LogP contribution is 2.51. The summed E-state index contributed by atoms with van der Waals surface area (Å²) in [6, 6.07) is 4.52. The lowest BCUT2D eigenvalue weighted by molar-refractivity contribution is -0.138. The molecule has 250 valence electrons. The van der Waals surface area contributed by atoms with Gasteiger partial charge in [-0.25, -0.2) is 4.39 Å². The zero-order chi connectivity index (χ0) is 33.0. The van der Waals surface area contributed by atoms with Crippen LogP contribution in [0.25, 0.3) is 0 Å². The molecule has 2 aliphatic carbocycles. The van der Waals surface area contributed by atoms with Crippen molar-refractivity contribution in [3.8, 4) is 0 Å². The zero-order valence-electron chi connectivity index (χ0n) is 27.1. The third-order valence-electron chi connectivity index (χ3n) is 9.73. The van der Waals surface area contributed by atoms with Crippen molar-refractivity contribution < 1.29 is 23.6 Å². The van der Waals surface area contributed by atoms with Crippen LogP contribution in [-0.4, -0.2) is 75.9 Å². The van der Waals surface area contributed by atoms with Crippen molar-refractivity contribution >= 4 is 29.2 Å². The van der Waals surface area contributed by atoms with E-state index in [0.717, 1.165) is 38.5 Å². The number of nitrogens with one attached hydrogen (secondary N) is 3. The SMILES string of the molecule is CCC(=O)N[C@@H](C(=O)N1CCC[C@@H](N)C1)[C@@H](C)c1ccc(NC(=O)[C@@H](NCC(=O)c2ccnn2CC)C(C2CC2)C2CC2)c(F)c1. The number of hydrogen-bond acceptors (Lipinski definition) is 7. The summed E-state index contributed by atoms with van der Waals surface area (Å²) in [4.78, 5) is 54.5. The van der Waals surface area contributed by atoms with Gasteiger partial charge < -0.3 is 21.3 Å². The Kier molecular flexibility index (Phi) is 10.9. The van der Waals surface area contributed by atoms with Crippen LogP contribution in [0.15, 0.2) is 30.5 Å². The Bertz CT molecular complexity index is 1410. The molecule has 3 fully saturated rings. The summed E-state index contributed by atoms with van der Waals surface area (Å²) in [6.45, 7) is 6.91. The molecule has 2 heterocycles. The molecule has 1 aliphatic heterocycles. The maximum Gasteiger partial charge on any atom is 0.245 e. The number of piperidine rings is 1. The summed E-state index contributed by atoms with van der Waals surface area (Å²) >= 11 is 0. The third kappa shape index (κ3) is 8.01. The van der Waals surface area contributed by atoms with Gasteiger partial charge in [-0.2, -0.15) is 5.10 Å². The summed E-state index contributed by atoms with van der Waals surface area (Å²) in [5, 5.41) is 13.0. The molecule has 0 spiro atoms. The van der Waals surface area contributed by atoms with Crippen molar-refractivity contribution in [2.75, 3.05) is 25.0 Å². The molecule has 1 aromatic carbocycles. The highest BCUT2D eigenvalue weighted by atomic mass is 19.1. The van der Waals surface area contributed by atoms with Crippen LogP contribution in [0.4, 0.5) is 10.1 Å². The summed E-state index contributed by atoms with van der Waals surface area (Å²) in [5.74, 6) is -1.32. The highest BCUT2D eigenvalue weighted by Gasteiger charge is 2.48. The van der Waals surface area contributed by atoms with Crippen molar-refractivity contribution in [1.29, 1.82) is 0 Å². The van der Waals surface area contributed by atoms with Crippen molar-refractivity contribution in [2.24, 2.45) is 23.5 Å². The molecule has 4 atom stereocenters. The Morgan fingerprint density at radius 1 is 1.04 bits per heavy atom. The minimum Gasteiger partial charge on any atom is -0.344 e. The van der Waals surface area contributed by atoms with E-state index in [1.807, 2.05) is 6.92 Å². The van der Waals surface area contributed by atoms with Crippen LogP contribution >= 0.6 is 0 Å². The number of likely N-dealkylation sites (tertiary alicyclic amines) is 1. The number of benzene rings is 1. The predicted octanol–water partition coefficient (Wildman–Crippen LogP) is 3.21. The monoisotopic (exact) mass is 637 g/mol. The van der Waals surface area contributed by atoms with Gasteiger partial charge in [-0.15, -0.1) is 0 Å². The molecule has 46 heavy (non-hydrogen) atoms. The van der Waals surface area contributed by atoms with Crippen LogP contribution in [0.3, 0.4) is 0 Å². The third-order valence-corrected chi connectivity index (χ3v) is 9.73. The van der Waals surface area contributed by atoms with E-state index in [9.17, 15) is 19.2 Å². The summed E-state index contributed by atoms with van der Waals surface area (Å²) < 4.78 is 17.3. The van der Waals surface area contributed by atoms with Crippen LogP contribution in [0.5, 0.6) is 0 Å². The Labute approximate surface area is 270 Å². The van der Waals surface area contributed by atoms with E-state index in [1.165, 1.54) is 12.1 Å². The second-order valence-electron chi connectivity index (χ2n) is 13.2. The van der Waals surface area contributed by atoms with Crippen molar-refractivity contribution in [1.82, 2.24) is 25.3 Å². The van der Waals surface area contributed by atoms with Gasteiger partial charge in [-0.05, 0) is 87.0 Å². The number of hydrogen-bond donors (Lipinski definition) is 4. The number of carbonyl (C=O) groups excluding carboxylic acids is 4. The molecule has 12 heteroatoms. The predicted molar refractivity (Wildman–Crippen MR) is 172 cm³/mol. The van der Waals surface area contributed by atoms with Crippen LogP contribution in [0.1, 0.15) is 87.7 Å². The number of nitrogens with zero attached hydrogens (tertiary/aromatic N) is 3. The van der Waals surface area contributed by atoms with E-state index < -0.39 is 23.8 Å². The first kappa shape index (κ1) is 33.7. The zero-order valence-corrected chi connectivity index (χ0v) is 27.1. The van der Waals surface area contributed by atoms with Gasteiger partial charge >= 0.3 is 0 Å². The molecule has 3 amide bonds. The molecule has 0 radical (unpaired) electrons. The van der Waals surface area contributed by atoms with Gasteiger partial charge in [0.15, 0.2) is 5.78 Å². The molecule has 2 aromatic rings. The van der Waals surface area contributed by atoms with Gasteiger partial charge in [0, 0.05) is 44.2 Å². The second kappa shape index (κ2) is 14.8. The van der Waals surface area contributed by atoms with Crippen molar-refractivity contribution in [3.63, 3.8) is 0 Å². The molecule has 3 aliphatic rings. The average molecular weight is 638 g/mol. The Balaban J connectivity index is 1.31. The number of carbonyl (C=O) groups is 4. The Hall–Kier alpha value is -3.64. The summed E-state index contributed by atoms with van der Waals surface area (Å²) in [6.07, 6.45) is 7.59. The van der Waals surface area contributed by atoms with Gasteiger partial charge in [-0.1, -0.05) is 19.9 Å². The van der Waals surface area contributed by atoms with E-state index in [1.54, 1.807) is 41.8 Å². The number of Topliss-reactive ketones (excluding diaryl/α,β-unsaturated/α-hetero) is 1. The number of nitrogens with two attached hydrogens (primary N) is 1. The second-order valence-corrected chi connectivity index (χ2v) is 13.2. The first-order valence-electron chi connectivity index (χ1n) is 16.8. The fourth-order valence-electron chi connectivity index (χ4n) is 6.81. The molecule has 0 bridgehead atoms. The first-order chi connectivity index (χ1) is 22.1. The van der Waals surface area contributed by atoms with Crippen LogP contribution < -0.4 is 21.7 Å². The van der Waals surface area contributed by atoms with E-state index in [2.05, 4.69) is 21.0 Å². The van der Waals surface area contributed by atoms with Crippen LogP contribution in [0.2, 0.25) is 0 Å². The molecule has 1 saturated heterocycles. The smallest absolute Gasteiger partial charge is 0.245 e. The number of ketones is 1. The van der Waals surface area contributed by atoms with Gasteiger partial charge in [0.1, 0.15) is 17.6 Å². The lowest BCUT2D eigenvalue weighted by Gasteiger charge is -2.35.